The fraction of sp³-hybridized carbons (Fsp3) is 0.200. The first-order valence-electron chi connectivity index (χ1n) is 6.35. The topological polar surface area (TPSA) is 65.2 Å². The van der Waals surface area contributed by atoms with Crippen molar-refractivity contribution in [2.45, 2.75) is 16.6 Å². The minimum atomic E-state index is -0.401. The first-order chi connectivity index (χ1) is 9.72. The third kappa shape index (κ3) is 2.77. The van der Waals surface area contributed by atoms with Gasteiger partial charge in [-0.3, -0.25) is 0 Å². The van der Waals surface area contributed by atoms with Crippen molar-refractivity contribution in [3.05, 3.63) is 53.9 Å². The highest BCUT2D eigenvalue weighted by molar-refractivity contribution is 8.00. The molecule has 102 valence electrons. The number of carbonyl (C=O) groups excluding carboxylic acids is 1. The lowest BCUT2D eigenvalue weighted by Gasteiger charge is -2.09. The van der Waals surface area contributed by atoms with Crippen LogP contribution in [0.1, 0.15) is 16.1 Å². The van der Waals surface area contributed by atoms with Crippen LogP contribution < -0.4 is 5.73 Å². The Kier molecular flexibility index (Phi) is 3.60. The molecule has 0 radical (unpaired) electrons. The van der Waals surface area contributed by atoms with Gasteiger partial charge in [0.05, 0.1) is 11.9 Å². The average Bonchev–Trinajstić information content (AvgIpc) is 2.88. The number of anilines is 1. The summed E-state index contributed by atoms with van der Waals surface area (Å²) in [5, 5.41) is 0.283. The van der Waals surface area contributed by atoms with Crippen molar-refractivity contribution in [2.24, 2.45) is 0 Å². The van der Waals surface area contributed by atoms with E-state index in [0.717, 1.165) is 6.42 Å². The van der Waals surface area contributed by atoms with Crippen LogP contribution in [-0.4, -0.2) is 22.8 Å². The Morgan fingerprint density at radius 1 is 1.35 bits per heavy atom. The van der Waals surface area contributed by atoms with E-state index in [2.05, 4.69) is 17.1 Å². The van der Waals surface area contributed by atoms with Gasteiger partial charge in [-0.15, -0.1) is 11.8 Å². The van der Waals surface area contributed by atoms with Crippen molar-refractivity contribution >= 4 is 23.4 Å². The summed E-state index contributed by atoms with van der Waals surface area (Å²) in [6.07, 6.45) is 2.39. The summed E-state index contributed by atoms with van der Waals surface area (Å²) >= 11 is 1.76. The second-order valence-electron chi connectivity index (χ2n) is 4.63. The Labute approximate surface area is 121 Å². The summed E-state index contributed by atoms with van der Waals surface area (Å²) in [6.45, 7) is 0.393. The highest BCUT2D eigenvalue weighted by Gasteiger charge is 2.23. The molecule has 4 nitrogen and oxygen atoms in total. The number of thioether (sulfide) groups is 1. The van der Waals surface area contributed by atoms with E-state index in [4.69, 9.17) is 10.5 Å². The average molecular weight is 286 g/mol. The fourth-order valence-electron chi connectivity index (χ4n) is 2.12. The Balaban J connectivity index is 1.56. The number of aromatic nitrogens is 1. The molecule has 2 aromatic rings. The van der Waals surface area contributed by atoms with E-state index in [1.807, 2.05) is 12.1 Å². The maximum atomic E-state index is 11.9. The number of ether oxygens (including phenoxy) is 1. The summed E-state index contributed by atoms with van der Waals surface area (Å²) < 4.78 is 5.32. The van der Waals surface area contributed by atoms with Crippen LogP contribution in [0.15, 0.2) is 47.5 Å². The van der Waals surface area contributed by atoms with Crippen LogP contribution in [0.5, 0.6) is 0 Å². The molecule has 0 saturated carbocycles. The molecule has 0 bridgehead atoms. The number of pyridine rings is 1. The molecule has 3 rings (SSSR count). The Morgan fingerprint density at radius 2 is 2.20 bits per heavy atom. The quantitative estimate of drug-likeness (QED) is 0.878. The lowest BCUT2D eigenvalue weighted by molar-refractivity contribution is 0.0500. The molecule has 2 heterocycles. The van der Waals surface area contributed by atoms with Crippen molar-refractivity contribution in [1.29, 1.82) is 0 Å². The first kappa shape index (κ1) is 13.0. The predicted molar refractivity (Wildman–Crippen MR) is 78.7 cm³/mol. The van der Waals surface area contributed by atoms with Crippen LogP contribution in [0.2, 0.25) is 0 Å². The molecular weight excluding hydrogens is 272 g/mol. The number of fused-ring (bicyclic) bond motifs is 1. The van der Waals surface area contributed by atoms with Gasteiger partial charge in [-0.2, -0.15) is 0 Å². The van der Waals surface area contributed by atoms with Gasteiger partial charge in [0.1, 0.15) is 12.3 Å². The molecule has 0 spiro atoms. The van der Waals surface area contributed by atoms with Crippen LogP contribution >= 0.6 is 11.8 Å². The number of nitrogens with zero attached hydrogens (tertiary/aromatic N) is 1. The van der Waals surface area contributed by atoms with E-state index in [1.165, 1.54) is 16.7 Å². The molecule has 1 atom stereocenters. The monoisotopic (exact) mass is 286 g/mol. The van der Waals surface area contributed by atoms with E-state index >= 15 is 0 Å². The Hall–Kier alpha value is -2.01. The van der Waals surface area contributed by atoms with Gasteiger partial charge >= 0.3 is 5.97 Å². The van der Waals surface area contributed by atoms with Crippen LogP contribution in [0.3, 0.4) is 0 Å². The molecule has 1 aliphatic heterocycles. The number of esters is 1. The summed E-state index contributed by atoms with van der Waals surface area (Å²) in [5.74, 6) is -0.401. The smallest absolute Gasteiger partial charge is 0.356 e. The number of benzene rings is 1. The zero-order valence-electron chi connectivity index (χ0n) is 10.8. The third-order valence-electron chi connectivity index (χ3n) is 3.11. The molecule has 2 N–H and O–H groups in total. The van der Waals surface area contributed by atoms with Gasteiger partial charge in [-0.05, 0) is 30.2 Å². The summed E-state index contributed by atoms with van der Waals surface area (Å²) in [4.78, 5) is 17.1. The van der Waals surface area contributed by atoms with Gasteiger partial charge in [0, 0.05) is 10.1 Å². The minimum absolute atomic E-state index is 0.283. The first-order valence-corrected chi connectivity index (χ1v) is 7.23. The van der Waals surface area contributed by atoms with Crippen molar-refractivity contribution in [3.8, 4) is 0 Å². The summed E-state index contributed by atoms with van der Waals surface area (Å²) in [6, 6.07) is 11.5. The molecule has 1 aromatic heterocycles. The number of nitrogens with two attached hydrogens (primary N) is 1. The van der Waals surface area contributed by atoms with Crippen LogP contribution in [0.25, 0.3) is 0 Å². The van der Waals surface area contributed by atoms with Crippen molar-refractivity contribution in [1.82, 2.24) is 4.98 Å². The van der Waals surface area contributed by atoms with Gasteiger partial charge in [-0.25, -0.2) is 9.78 Å². The fourth-order valence-corrected chi connectivity index (χ4v) is 3.33. The highest BCUT2D eigenvalue weighted by Crippen LogP contribution is 2.36. The second kappa shape index (κ2) is 5.54. The zero-order valence-corrected chi connectivity index (χ0v) is 11.6. The number of rotatable bonds is 3. The van der Waals surface area contributed by atoms with Gasteiger partial charge in [-0.1, -0.05) is 18.2 Å². The van der Waals surface area contributed by atoms with E-state index in [-0.39, 0.29) is 5.25 Å². The lowest BCUT2D eigenvalue weighted by atomic mass is 10.1. The Morgan fingerprint density at radius 3 is 2.95 bits per heavy atom. The second-order valence-corrected chi connectivity index (χ2v) is 5.97. The number of hydrogen-bond acceptors (Lipinski definition) is 5. The Bertz CT molecular complexity index is 603. The largest absolute Gasteiger partial charge is 0.460 e. The zero-order chi connectivity index (χ0) is 13.9. The summed E-state index contributed by atoms with van der Waals surface area (Å²) in [5.41, 5.74) is 7.68. The normalized spacial score (nSPS) is 16.7. The minimum Gasteiger partial charge on any atom is -0.460 e. The maximum Gasteiger partial charge on any atom is 0.356 e. The third-order valence-corrected chi connectivity index (χ3v) is 4.40. The lowest BCUT2D eigenvalue weighted by Crippen LogP contribution is -2.16. The predicted octanol–water partition coefficient (Wildman–Crippen LogP) is 2.54. The molecule has 0 aliphatic carbocycles. The molecule has 20 heavy (non-hydrogen) atoms. The molecule has 5 heteroatoms. The molecule has 0 fully saturated rings. The van der Waals surface area contributed by atoms with Crippen molar-refractivity contribution < 1.29 is 9.53 Å². The van der Waals surface area contributed by atoms with Crippen LogP contribution in [-0.2, 0) is 11.2 Å². The molecule has 1 unspecified atom stereocenters. The molecule has 0 saturated heterocycles. The SMILES string of the molecule is Nc1ccc(C(=O)OCC2Cc3ccccc3S2)nc1. The van der Waals surface area contributed by atoms with Crippen LogP contribution in [0, 0.1) is 0 Å². The molecule has 0 amide bonds. The standard InChI is InChI=1S/C15H14N2O2S/c16-11-5-6-13(17-8-11)15(18)19-9-12-7-10-3-1-2-4-14(10)20-12/h1-6,8,12H,7,9,16H2. The number of nitrogen functional groups attached to an aromatic ring is 1. The van der Waals surface area contributed by atoms with E-state index in [0.29, 0.717) is 18.0 Å². The van der Waals surface area contributed by atoms with Gasteiger partial charge < -0.3 is 10.5 Å². The summed E-state index contributed by atoms with van der Waals surface area (Å²) in [7, 11) is 0. The van der Waals surface area contributed by atoms with Gasteiger partial charge in [0.25, 0.3) is 0 Å². The molecule has 1 aliphatic rings. The van der Waals surface area contributed by atoms with Crippen LogP contribution in [0.4, 0.5) is 5.69 Å². The molecule has 1 aromatic carbocycles. The van der Waals surface area contributed by atoms with Gasteiger partial charge in [0.2, 0.25) is 0 Å². The number of hydrogen-bond donors (Lipinski definition) is 1. The van der Waals surface area contributed by atoms with Gasteiger partial charge in [0.15, 0.2) is 0 Å². The van der Waals surface area contributed by atoms with E-state index in [9.17, 15) is 4.79 Å². The maximum absolute atomic E-state index is 11.9. The number of carbonyl (C=O) groups is 1. The van der Waals surface area contributed by atoms with Crippen molar-refractivity contribution in [3.63, 3.8) is 0 Å². The van der Waals surface area contributed by atoms with E-state index in [1.54, 1.807) is 23.9 Å². The van der Waals surface area contributed by atoms with Crippen molar-refractivity contribution in [2.75, 3.05) is 12.3 Å². The van der Waals surface area contributed by atoms with E-state index < -0.39 is 5.97 Å². The molecular formula is C15H14N2O2S. The highest BCUT2D eigenvalue weighted by atomic mass is 32.2.